The number of imidazole rings is 1. The second kappa shape index (κ2) is 25.2. The standard InChI is InChI=1S/C32H57N8O13P/c1-6-7-8-12-40(27(43)9-13-52-15-14-51-5)18-26(42)36-22(16-20(2)3)30(45)37-23(17-25-34-10-11-35-25)31(46)38-24(19-41)32(47)39-28(29(33)44)21(4)53-54(48,49)50/h10-11,20-24,28,41H,6-9,12-19H2,1-5H3,(H2,33,44)(H,34,35)(H,36,42)(H,37,45)(H,38,46)(H,39,47)(H2,48,49,50)/t21-,22+,23+,24+,28+/m1/s1. The van der Waals surface area contributed by atoms with Crippen LogP contribution in [0.5, 0.6) is 0 Å². The number of amides is 6. The van der Waals surface area contributed by atoms with Crippen molar-refractivity contribution < 1.29 is 62.2 Å². The molecular weight excluding hydrogens is 735 g/mol. The molecule has 0 aliphatic heterocycles. The van der Waals surface area contributed by atoms with Crippen LogP contribution in [0.3, 0.4) is 0 Å². The monoisotopic (exact) mass is 792 g/mol. The van der Waals surface area contributed by atoms with Crippen molar-refractivity contribution in [1.82, 2.24) is 36.1 Å². The maximum absolute atomic E-state index is 13.7. The minimum absolute atomic E-state index is 0.0405. The number of carbonyl (C=O) groups is 6. The minimum atomic E-state index is -5.10. The largest absolute Gasteiger partial charge is 0.469 e. The fourth-order valence-corrected chi connectivity index (χ4v) is 5.58. The van der Waals surface area contributed by atoms with E-state index in [1.54, 1.807) is 0 Å². The molecular formula is C32H57N8O13P. The van der Waals surface area contributed by atoms with Crippen molar-refractivity contribution in [2.75, 3.05) is 46.6 Å². The number of unbranched alkanes of at least 4 members (excludes halogenated alkanes) is 2. The zero-order valence-electron chi connectivity index (χ0n) is 31.4. The summed E-state index contributed by atoms with van der Waals surface area (Å²) in [5.74, 6) is -4.88. The maximum Gasteiger partial charge on any atom is 0.469 e. The summed E-state index contributed by atoms with van der Waals surface area (Å²) >= 11 is 0. The van der Waals surface area contributed by atoms with Gasteiger partial charge in [0.25, 0.3) is 0 Å². The van der Waals surface area contributed by atoms with E-state index in [9.17, 15) is 38.4 Å². The van der Waals surface area contributed by atoms with E-state index in [-0.39, 0.29) is 50.1 Å². The summed E-state index contributed by atoms with van der Waals surface area (Å²) < 4.78 is 26.0. The lowest BCUT2D eigenvalue weighted by atomic mass is 10.0. The van der Waals surface area contributed by atoms with Gasteiger partial charge in [-0.25, -0.2) is 9.55 Å². The van der Waals surface area contributed by atoms with E-state index in [0.717, 1.165) is 19.8 Å². The number of ether oxygens (including phenoxy) is 2. The molecule has 54 heavy (non-hydrogen) atoms. The Hall–Kier alpha value is -3.98. The van der Waals surface area contributed by atoms with E-state index in [0.29, 0.717) is 26.2 Å². The van der Waals surface area contributed by atoms with E-state index in [2.05, 4.69) is 35.8 Å². The first-order chi connectivity index (χ1) is 25.4. The van der Waals surface area contributed by atoms with E-state index >= 15 is 0 Å². The molecule has 10 N–H and O–H groups in total. The van der Waals surface area contributed by atoms with Gasteiger partial charge in [0, 0.05) is 32.5 Å². The molecule has 308 valence electrons. The smallest absolute Gasteiger partial charge is 0.394 e. The lowest BCUT2D eigenvalue weighted by Crippen LogP contribution is -2.61. The van der Waals surface area contributed by atoms with Crippen LogP contribution in [0.25, 0.3) is 0 Å². The van der Waals surface area contributed by atoms with Crippen molar-refractivity contribution in [1.29, 1.82) is 0 Å². The third-order valence-corrected chi connectivity index (χ3v) is 8.35. The number of aliphatic hydroxyl groups excluding tert-OH is 1. The Morgan fingerprint density at radius 3 is 2.15 bits per heavy atom. The minimum Gasteiger partial charge on any atom is -0.394 e. The van der Waals surface area contributed by atoms with Crippen LogP contribution in [-0.2, 0) is 53.8 Å². The van der Waals surface area contributed by atoms with Gasteiger partial charge in [0.2, 0.25) is 35.4 Å². The molecule has 0 bridgehead atoms. The zero-order chi connectivity index (χ0) is 40.8. The molecule has 21 nitrogen and oxygen atoms in total. The number of hydrogen-bond acceptors (Lipinski definition) is 12. The number of nitrogens with one attached hydrogen (secondary N) is 5. The topological polar surface area (TPSA) is 314 Å². The van der Waals surface area contributed by atoms with Crippen molar-refractivity contribution in [3.63, 3.8) is 0 Å². The van der Waals surface area contributed by atoms with Crippen LogP contribution in [0.2, 0.25) is 0 Å². The van der Waals surface area contributed by atoms with Gasteiger partial charge in [-0.2, -0.15) is 0 Å². The summed E-state index contributed by atoms with van der Waals surface area (Å²) in [4.78, 5) is 105. The number of phosphoric acid groups is 1. The quantitative estimate of drug-likeness (QED) is 0.0327. The average Bonchev–Trinajstić information content (AvgIpc) is 3.60. The molecule has 22 heteroatoms. The van der Waals surface area contributed by atoms with Crippen LogP contribution in [-0.4, -0.2) is 142 Å². The normalized spacial score (nSPS) is 14.3. The number of aromatic amines is 1. The lowest BCUT2D eigenvalue weighted by molar-refractivity contribution is -0.138. The van der Waals surface area contributed by atoms with E-state index < -0.39 is 74.2 Å². The highest BCUT2D eigenvalue weighted by molar-refractivity contribution is 7.46. The fourth-order valence-electron chi connectivity index (χ4n) is 5.02. The Balaban J connectivity index is 3.16. The second-order valence-corrected chi connectivity index (χ2v) is 14.1. The Kier molecular flexibility index (Phi) is 22.4. The van der Waals surface area contributed by atoms with Crippen molar-refractivity contribution in [2.45, 2.75) is 96.5 Å². The summed E-state index contributed by atoms with van der Waals surface area (Å²) in [6.45, 7) is 6.51. The summed E-state index contributed by atoms with van der Waals surface area (Å²) in [7, 11) is -3.57. The fraction of sp³-hybridized carbons (Fsp3) is 0.719. The Labute approximate surface area is 314 Å². The van der Waals surface area contributed by atoms with Crippen molar-refractivity contribution in [2.24, 2.45) is 11.7 Å². The Bertz CT molecular complexity index is 1380. The number of H-pyrrole nitrogens is 1. The molecule has 0 radical (unpaired) electrons. The lowest BCUT2D eigenvalue weighted by Gasteiger charge is -2.27. The molecule has 5 atom stereocenters. The Morgan fingerprint density at radius 1 is 0.944 bits per heavy atom. The molecule has 0 saturated carbocycles. The molecule has 1 aromatic rings. The highest BCUT2D eigenvalue weighted by atomic mass is 31.2. The number of nitrogens with zero attached hydrogens (tertiary/aromatic N) is 2. The number of rotatable bonds is 28. The molecule has 0 spiro atoms. The van der Waals surface area contributed by atoms with Gasteiger partial charge < -0.3 is 61.3 Å². The van der Waals surface area contributed by atoms with Crippen LogP contribution in [0, 0.1) is 5.92 Å². The number of primary amides is 1. The number of aromatic nitrogens is 2. The van der Waals surface area contributed by atoms with Crippen LogP contribution >= 0.6 is 7.82 Å². The third-order valence-electron chi connectivity index (χ3n) is 7.75. The van der Waals surface area contributed by atoms with E-state index in [1.165, 1.54) is 24.4 Å². The number of hydrogen-bond donors (Lipinski definition) is 9. The second-order valence-electron chi connectivity index (χ2n) is 12.9. The van der Waals surface area contributed by atoms with Crippen LogP contribution in [0.15, 0.2) is 12.4 Å². The van der Waals surface area contributed by atoms with Crippen molar-refractivity contribution >= 4 is 43.3 Å². The first-order valence-electron chi connectivity index (χ1n) is 17.6. The molecule has 0 aliphatic rings. The van der Waals surface area contributed by atoms with Gasteiger partial charge in [-0.05, 0) is 25.7 Å². The van der Waals surface area contributed by atoms with Gasteiger partial charge in [0.05, 0.1) is 45.5 Å². The van der Waals surface area contributed by atoms with Gasteiger partial charge in [0.1, 0.15) is 30.0 Å². The van der Waals surface area contributed by atoms with Crippen molar-refractivity contribution in [3.05, 3.63) is 18.2 Å². The maximum atomic E-state index is 13.7. The predicted octanol–water partition coefficient (Wildman–Crippen LogP) is -2.02. The van der Waals surface area contributed by atoms with Crippen LogP contribution < -0.4 is 27.0 Å². The van der Waals surface area contributed by atoms with Crippen molar-refractivity contribution in [3.8, 4) is 0 Å². The number of aliphatic hydroxyl groups is 1. The molecule has 1 aromatic heterocycles. The SMILES string of the molecule is CCCCCN(CC(=O)N[C@@H](CC(C)C)C(=O)N[C@@H](Cc1ncc[nH]1)C(=O)N[C@@H](CO)C(=O)N[C@H](C(N)=O)[C@@H](C)OP(=O)(O)O)C(=O)CCOCCOC. The van der Waals surface area contributed by atoms with Gasteiger partial charge in [0.15, 0.2) is 0 Å². The van der Waals surface area contributed by atoms with E-state index in [1.807, 2.05) is 20.8 Å². The zero-order valence-corrected chi connectivity index (χ0v) is 32.3. The summed E-state index contributed by atoms with van der Waals surface area (Å²) in [5.41, 5.74) is 5.27. The number of methoxy groups -OCH3 is 1. The number of carbonyl (C=O) groups excluding carboxylic acids is 6. The van der Waals surface area contributed by atoms with Crippen LogP contribution in [0.1, 0.15) is 65.6 Å². The first kappa shape index (κ1) is 48.0. The number of nitrogens with two attached hydrogens (primary N) is 1. The first-order valence-corrected chi connectivity index (χ1v) is 19.1. The van der Waals surface area contributed by atoms with Crippen LogP contribution in [0.4, 0.5) is 0 Å². The highest BCUT2D eigenvalue weighted by Gasteiger charge is 2.35. The molecule has 1 heterocycles. The predicted molar refractivity (Wildman–Crippen MR) is 192 cm³/mol. The van der Waals surface area contributed by atoms with Gasteiger partial charge in [-0.1, -0.05) is 33.6 Å². The average molecular weight is 793 g/mol. The molecule has 0 aliphatic carbocycles. The molecule has 0 aromatic carbocycles. The Morgan fingerprint density at radius 2 is 1.59 bits per heavy atom. The third kappa shape index (κ3) is 19.4. The number of phosphoric ester groups is 1. The summed E-state index contributed by atoms with van der Waals surface area (Å²) in [6, 6.07) is -6.09. The van der Waals surface area contributed by atoms with E-state index in [4.69, 9.17) is 25.0 Å². The summed E-state index contributed by atoms with van der Waals surface area (Å²) in [6.07, 6.45) is 3.62. The van der Waals surface area contributed by atoms with Gasteiger partial charge in [-0.15, -0.1) is 0 Å². The molecule has 6 amide bonds. The molecule has 0 fully saturated rings. The highest BCUT2D eigenvalue weighted by Crippen LogP contribution is 2.38. The molecule has 0 unspecified atom stereocenters. The van der Waals surface area contributed by atoms with Gasteiger partial charge >= 0.3 is 7.82 Å². The molecule has 0 saturated heterocycles. The molecule has 1 rings (SSSR count). The summed E-state index contributed by atoms with van der Waals surface area (Å²) in [5, 5.41) is 19.6. The van der Waals surface area contributed by atoms with Gasteiger partial charge in [-0.3, -0.25) is 33.3 Å².